The lowest BCUT2D eigenvalue weighted by Gasteiger charge is -2.07. The van der Waals surface area contributed by atoms with Gasteiger partial charge in [-0.3, -0.25) is 4.98 Å². The number of nitrogens with two attached hydrogens (primary N) is 1. The fraction of sp³-hybridized carbons (Fsp3) is 0.111. The number of hydrogen-bond donors (Lipinski definition) is 2. The van der Waals surface area contributed by atoms with E-state index in [4.69, 9.17) is 18.0 Å². The number of pyridine rings is 1. The Kier molecular flexibility index (Phi) is 3.77. The summed E-state index contributed by atoms with van der Waals surface area (Å²) in [5, 5.41) is 0. The highest BCUT2D eigenvalue weighted by atomic mass is 32.1. The summed E-state index contributed by atoms with van der Waals surface area (Å²) in [7, 11) is 0. The highest BCUT2D eigenvalue weighted by Crippen LogP contribution is 2.32. The molecule has 0 spiro atoms. The van der Waals surface area contributed by atoms with Gasteiger partial charge in [0.2, 0.25) is 0 Å². The van der Waals surface area contributed by atoms with Gasteiger partial charge in [0, 0.05) is 11.8 Å². The van der Waals surface area contributed by atoms with Crippen molar-refractivity contribution in [2.24, 2.45) is 5.73 Å². The molecule has 0 bridgehead atoms. The van der Waals surface area contributed by atoms with Gasteiger partial charge in [0.15, 0.2) is 0 Å². The molecule has 0 amide bonds. The average Bonchev–Trinajstić information content (AvgIpc) is 2.92. The number of aromatic nitrogens is 2. The first-order valence-electron chi connectivity index (χ1n) is 7.07. The highest BCUT2D eigenvalue weighted by molar-refractivity contribution is 7.80. The van der Waals surface area contributed by atoms with E-state index in [9.17, 15) is 0 Å². The molecule has 0 aliphatic carbocycles. The van der Waals surface area contributed by atoms with E-state index in [0.29, 0.717) is 4.99 Å². The Morgan fingerprint density at radius 2 is 1.82 bits per heavy atom. The molecule has 0 radical (unpaired) electrons. The van der Waals surface area contributed by atoms with Crippen LogP contribution in [0.2, 0.25) is 0 Å². The number of benzene rings is 1. The van der Waals surface area contributed by atoms with Crippen LogP contribution >= 0.6 is 12.2 Å². The number of hydrogen-bond acceptors (Lipinski definition) is 2. The van der Waals surface area contributed by atoms with Gasteiger partial charge in [-0.25, -0.2) is 0 Å². The molecule has 0 atom stereocenters. The lowest BCUT2D eigenvalue weighted by atomic mass is 10.0. The van der Waals surface area contributed by atoms with E-state index in [0.717, 1.165) is 28.2 Å². The van der Waals surface area contributed by atoms with Crippen LogP contribution in [0.3, 0.4) is 0 Å². The van der Waals surface area contributed by atoms with Crippen molar-refractivity contribution in [2.75, 3.05) is 0 Å². The van der Waals surface area contributed by atoms with E-state index in [-0.39, 0.29) is 0 Å². The smallest absolute Gasteiger partial charge is 0.120 e. The van der Waals surface area contributed by atoms with Gasteiger partial charge in [-0.2, -0.15) is 0 Å². The van der Waals surface area contributed by atoms with Gasteiger partial charge < -0.3 is 10.7 Å². The number of nitrogens with one attached hydrogen (secondary N) is 1. The molecular weight excluding hydrogens is 290 g/mol. The standard InChI is InChI=1S/C18H17N3S/c1-11-7-12(2)9-13(8-11)17-14(10-16(21-17)18(19)22)15-5-3-4-6-20-15/h3-10,21H,1-2H3,(H2,19,22). The van der Waals surface area contributed by atoms with Gasteiger partial charge in [0.25, 0.3) is 0 Å². The number of thiocarbonyl (C=S) groups is 1. The number of aryl methyl sites for hydroxylation is 2. The first-order chi connectivity index (χ1) is 10.5. The number of rotatable bonds is 3. The normalized spacial score (nSPS) is 10.6. The van der Waals surface area contributed by atoms with Crippen molar-refractivity contribution < 1.29 is 0 Å². The average molecular weight is 307 g/mol. The van der Waals surface area contributed by atoms with E-state index in [1.165, 1.54) is 11.1 Å². The Hall–Kier alpha value is -2.46. The zero-order chi connectivity index (χ0) is 15.7. The number of aromatic amines is 1. The third kappa shape index (κ3) is 2.78. The third-order valence-corrected chi connectivity index (χ3v) is 3.75. The van der Waals surface area contributed by atoms with Crippen LogP contribution in [0.15, 0.2) is 48.7 Å². The summed E-state index contributed by atoms with van der Waals surface area (Å²) in [5.74, 6) is 0. The molecule has 3 nitrogen and oxygen atoms in total. The molecule has 1 aromatic carbocycles. The van der Waals surface area contributed by atoms with Crippen LogP contribution < -0.4 is 5.73 Å². The van der Waals surface area contributed by atoms with Gasteiger partial charge in [0.1, 0.15) is 4.99 Å². The molecule has 0 unspecified atom stereocenters. The summed E-state index contributed by atoms with van der Waals surface area (Å²) in [6.45, 7) is 4.18. The zero-order valence-corrected chi connectivity index (χ0v) is 13.4. The number of H-pyrrole nitrogens is 1. The van der Waals surface area contributed by atoms with E-state index in [1.54, 1.807) is 6.20 Å². The number of nitrogens with zero attached hydrogens (tertiary/aromatic N) is 1. The van der Waals surface area contributed by atoms with Crippen molar-refractivity contribution in [3.05, 3.63) is 65.5 Å². The predicted octanol–water partition coefficient (Wildman–Crippen LogP) is 3.99. The van der Waals surface area contributed by atoms with E-state index in [1.807, 2.05) is 24.3 Å². The molecule has 0 aliphatic rings. The molecule has 0 saturated carbocycles. The molecule has 4 heteroatoms. The molecule has 0 aliphatic heterocycles. The van der Waals surface area contributed by atoms with Crippen LogP contribution in [0, 0.1) is 13.8 Å². The zero-order valence-electron chi connectivity index (χ0n) is 12.6. The van der Waals surface area contributed by atoms with Crippen molar-refractivity contribution in [3.8, 4) is 22.5 Å². The van der Waals surface area contributed by atoms with Crippen LogP contribution in [0.4, 0.5) is 0 Å². The Balaban J connectivity index is 2.23. The lowest BCUT2D eigenvalue weighted by Crippen LogP contribution is -2.09. The van der Waals surface area contributed by atoms with Crippen molar-refractivity contribution >= 4 is 17.2 Å². The topological polar surface area (TPSA) is 54.7 Å². The highest BCUT2D eigenvalue weighted by Gasteiger charge is 2.14. The predicted molar refractivity (Wildman–Crippen MR) is 94.8 cm³/mol. The third-order valence-electron chi connectivity index (χ3n) is 3.53. The summed E-state index contributed by atoms with van der Waals surface area (Å²) >= 11 is 5.11. The maximum Gasteiger partial charge on any atom is 0.120 e. The van der Waals surface area contributed by atoms with Crippen molar-refractivity contribution in [1.29, 1.82) is 0 Å². The Bertz CT molecular complexity index is 815. The fourth-order valence-electron chi connectivity index (χ4n) is 2.66. The first kappa shape index (κ1) is 14.5. The largest absolute Gasteiger partial charge is 0.388 e. The minimum absolute atomic E-state index is 0.354. The molecule has 110 valence electrons. The Morgan fingerprint density at radius 3 is 2.41 bits per heavy atom. The molecule has 0 saturated heterocycles. The lowest BCUT2D eigenvalue weighted by molar-refractivity contribution is 1.31. The van der Waals surface area contributed by atoms with Gasteiger partial charge in [0.05, 0.1) is 17.1 Å². The van der Waals surface area contributed by atoms with Crippen molar-refractivity contribution in [1.82, 2.24) is 9.97 Å². The Morgan fingerprint density at radius 1 is 1.09 bits per heavy atom. The monoisotopic (exact) mass is 307 g/mol. The van der Waals surface area contributed by atoms with Crippen LogP contribution in [0.25, 0.3) is 22.5 Å². The van der Waals surface area contributed by atoms with E-state index < -0.39 is 0 Å². The second-order valence-corrected chi connectivity index (χ2v) is 5.87. The van der Waals surface area contributed by atoms with Gasteiger partial charge >= 0.3 is 0 Å². The Labute approximate surface area is 135 Å². The minimum atomic E-state index is 0.354. The minimum Gasteiger partial charge on any atom is -0.388 e. The molecular formula is C18H17N3S. The summed E-state index contributed by atoms with van der Waals surface area (Å²) in [6, 6.07) is 14.3. The van der Waals surface area contributed by atoms with Crippen molar-refractivity contribution in [2.45, 2.75) is 13.8 Å². The molecule has 3 rings (SSSR count). The maximum atomic E-state index is 5.79. The van der Waals surface area contributed by atoms with Crippen LogP contribution in [-0.2, 0) is 0 Å². The van der Waals surface area contributed by atoms with Gasteiger partial charge in [-0.1, -0.05) is 35.5 Å². The van der Waals surface area contributed by atoms with Crippen LogP contribution in [0.1, 0.15) is 16.8 Å². The summed E-state index contributed by atoms with van der Waals surface area (Å²) in [6.07, 6.45) is 1.79. The second-order valence-electron chi connectivity index (χ2n) is 5.43. The van der Waals surface area contributed by atoms with Crippen LogP contribution in [0.5, 0.6) is 0 Å². The maximum absolute atomic E-state index is 5.79. The van der Waals surface area contributed by atoms with Crippen LogP contribution in [-0.4, -0.2) is 15.0 Å². The summed E-state index contributed by atoms with van der Waals surface area (Å²) < 4.78 is 0. The van der Waals surface area contributed by atoms with Crippen molar-refractivity contribution in [3.63, 3.8) is 0 Å². The van der Waals surface area contributed by atoms with Gasteiger partial charge in [-0.05, 0) is 49.7 Å². The molecule has 2 heterocycles. The summed E-state index contributed by atoms with van der Waals surface area (Å²) in [5.41, 5.74) is 13.0. The molecule has 3 aromatic rings. The molecule has 0 fully saturated rings. The first-order valence-corrected chi connectivity index (χ1v) is 7.48. The van der Waals surface area contributed by atoms with Gasteiger partial charge in [-0.15, -0.1) is 0 Å². The second kappa shape index (κ2) is 5.73. The van der Waals surface area contributed by atoms with E-state index >= 15 is 0 Å². The van der Waals surface area contributed by atoms with E-state index in [2.05, 4.69) is 42.0 Å². The molecule has 3 N–H and O–H groups in total. The molecule has 22 heavy (non-hydrogen) atoms. The quantitative estimate of drug-likeness (QED) is 0.719. The summed E-state index contributed by atoms with van der Waals surface area (Å²) in [4.78, 5) is 8.15. The fourth-order valence-corrected chi connectivity index (χ4v) is 2.77. The SMILES string of the molecule is Cc1cc(C)cc(-c2[nH]c(C(N)=S)cc2-c2ccccn2)c1. The molecule has 2 aromatic heterocycles.